The highest BCUT2D eigenvalue weighted by Crippen LogP contribution is 2.25. The molecule has 1 unspecified atom stereocenters. The zero-order chi connectivity index (χ0) is 38.8. The fourth-order valence-corrected chi connectivity index (χ4v) is 6.70. The number of nitrogen functional groups attached to an aromatic ring is 2. The molecule has 15 nitrogen and oxygen atoms in total. The van der Waals surface area contributed by atoms with Crippen molar-refractivity contribution in [3.8, 4) is 11.5 Å². The summed E-state index contributed by atoms with van der Waals surface area (Å²) in [5.74, 6) is 0.235. The average Bonchev–Trinajstić information content (AvgIpc) is 3.16. The summed E-state index contributed by atoms with van der Waals surface area (Å²) in [5, 5.41) is 26.2. The number of aryl methyl sites for hydroxylation is 2. The fraction of sp³-hybridized carbons (Fsp3) is 0.500. The van der Waals surface area contributed by atoms with Crippen molar-refractivity contribution < 1.29 is 38.6 Å². The van der Waals surface area contributed by atoms with Crippen molar-refractivity contribution >= 4 is 41.0 Å². The predicted octanol–water partition coefficient (Wildman–Crippen LogP) is 2.02. The highest BCUT2D eigenvalue weighted by atomic mass is 35.5. The number of quaternary nitrogens is 1. The first-order chi connectivity index (χ1) is 26.1. The van der Waals surface area contributed by atoms with Crippen LogP contribution in [0.1, 0.15) is 60.1 Å². The lowest BCUT2D eigenvalue weighted by Gasteiger charge is -2.45. The van der Waals surface area contributed by atoms with Gasteiger partial charge in [0, 0.05) is 39.1 Å². The number of nitrogens with one attached hydrogen (secondary N) is 3. The van der Waals surface area contributed by atoms with Gasteiger partial charge in [-0.2, -0.15) is 0 Å². The van der Waals surface area contributed by atoms with Crippen molar-refractivity contribution in [1.29, 1.82) is 0 Å². The smallest absolute Gasteiger partial charge is 0.274 e. The van der Waals surface area contributed by atoms with Crippen LogP contribution in [0, 0.1) is 0 Å². The van der Waals surface area contributed by atoms with Crippen molar-refractivity contribution in [2.24, 2.45) is 0 Å². The van der Waals surface area contributed by atoms with E-state index in [1.54, 1.807) is 0 Å². The molecule has 16 heteroatoms. The second-order valence-electron chi connectivity index (χ2n) is 13.6. The minimum atomic E-state index is -0.429. The molecule has 0 saturated carbocycles. The lowest BCUT2D eigenvalue weighted by Crippen LogP contribution is -2.60. The molecular formula is C38H54ClN8O7+. The molecule has 0 bridgehead atoms. The third-order valence-corrected chi connectivity index (χ3v) is 9.62. The molecule has 2 aromatic carbocycles. The number of hydrogen-bond acceptors (Lipinski definition) is 11. The first-order valence-corrected chi connectivity index (χ1v) is 18.9. The second kappa shape index (κ2) is 21.9. The number of carbonyl (C=O) groups is 3. The van der Waals surface area contributed by atoms with Gasteiger partial charge in [0.2, 0.25) is 0 Å². The molecule has 3 amide bonds. The van der Waals surface area contributed by atoms with Crippen molar-refractivity contribution in [2.45, 2.75) is 57.4 Å². The quantitative estimate of drug-likeness (QED) is 0.0579. The van der Waals surface area contributed by atoms with E-state index in [1.807, 2.05) is 48.5 Å². The Morgan fingerprint density at radius 2 is 1.30 bits per heavy atom. The number of rotatable bonds is 22. The summed E-state index contributed by atoms with van der Waals surface area (Å²) >= 11 is 6.05. The molecule has 9 N–H and O–H groups in total. The van der Waals surface area contributed by atoms with Gasteiger partial charge in [-0.1, -0.05) is 35.9 Å². The van der Waals surface area contributed by atoms with Gasteiger partial charge in [-0.25, -0.2) is 9.97 Å². The number of halogens is 1. The van der Waals surface area contributed by atoms with Gasteiger partial charge >= 0.3 is 0 Å². The van der Waals surface area contributed by atoms with Crippen LogP contribution in [-0.2, 0) is 22.4 Å². The third kappa shape index (κ3) is 13.9. The summed E-state index contributed by atoms with van der Waals surface area (Å²) in [5.41, 5.74) is 14.0. The molecule has 294 valence electrons. The Hall–Kier alpha value is -4.70. The Kier molecular flexibility index (Phi) is 17.0. The highest BCUT2D eigenvalue weighted by Gasteiger charge is 2.35. The fourth-order valence-electron chi connectivity index (χ4n) is 6.58. The van der Waals surface area contributed by atoms with Crippen LogP contribution in [0.5, 0.6) is 11.5 Å². The summed E-state index contributed by atoms with van der Waals surface area (Å²) in [6, 6.07) is 15.5. The summed E-state index contributed by atoms with van der Waals surface area (Å²) in [7, 11) is 0. The number of ether oxygens (including phenoxy) is 2. The lowest BCUT2D eigenvalue weighted by atomic mass is 9.99. The number of aliphatic hydroxyl groups is 2. The van der Waals surface area contributed by atoms with E-state index < -0.39 is 5.91 Å². The molecule has 0 spiro atoms. The summed E-state index contributed by atoms with van der Waals surface area (Å²) in [6.45, 7) is 4.26. The molecule has 0 aliphatic carbocycles. The molecule has 4 rings (SSSR count). The van der Waals surface area contributed by atoms with E-state index in [0.717, 1.165) is 80.3 Å². The number of piperidine rings is 1. The molecule has 1 atom stereocenters. The maximum absolute atomic E-state index is 13.3. The molecule has 0 radical (unpaired) electrons. The summed E-state index contributed by atoms with van der Waals surface area (Å²) < 4.78 is 12.1. The molecular weight excluding hydrogens is 716 g/mol. The average molecular weight is 770 g/mol. The van der Waals surface area contributed by atoms with E-state index in [9.17, 15) is 14.4 Å². The van der Waals surface area contributed by atoms with E-state index >= 15 is 0 Å². The zero-order valence-electron chi connectivity index (χ0n) is 30.7. The number of amides is 3. The Morgan fingerprint density at radius 3 is 1.80 bits per heavy atom. The largest absolute Gasteiger partial charge is 0.484 e. The topological polar surface area (TPSA) is 224 Å². The first kappa shape index (κ1) is 42.0. The van der Waals surface area contributed by atoms with Crippen LogP contribution < -0.4 is 36.9 Å². The SMILES string of the molecule is Nc1nc(N)c(C(=O)NC2CCC[N+](CCCc3ccc(OCC(=O)NCCCO)cc3)(CCCc3ccc(OCC(=O)NCCCO)cc3)C2)nc1Cl. The number of anilines is 2. The van der Waals surface area contributed by atoms with E-state index in [-0.39, 0.29) is 66.8 Å². The van der Waals surface area contributed by atoms with Crippen molar-refractivity contribution in [1.82, 2.24) is 25.9 Å². The van der Waals surface area contributed by atoms with Crippen LogP contribution in [0.25, 0.3) is 0 Å². The van der Waals surface area contributed by atoms with E-state index in [4.69, 9.17) is 42.8 Å². The minimum Gasteiger partial charge on any atom is -0.484 e. The van der Waals surface area contributed by atoms with Crippen LogP contribution in [0.2, 0.25) is 5.15 Å². The van der Waals surface area contributed by atoms with Gasteiger partial charge in [0.15, 0.2) is 35.7 Å². The Labute approximate surface area is 321 Å². The second-order valence-corrected chi connectivity index (χ2v) is 13.9. The Balaban J connectivity index is 1.35. The first-order valence-electron chi connectivity index (χ1n) is 18.5. The van der Waals surface area contributed by atoms with Crippen LogP contribution in [-0.4, -0.2) is 114 Å². The Bertz CT molecular complexity index is 1570. The molecule has 1 aliphatic heterocycles. The lowest BCUT2D eigenvalue weighted by molar-refractivity contribution is -0.933. The van der Waals surface area contributed by atoms with Gasteiger partial charge in [-0.15, -0.1) is 0 Å². The monoisotopic (exact) mass is 769 g/mol. The molecule has 1 aromatic heterocycles. The molecule has 3 aromatic rings. The molecule has 2 heterocycles. The number of aromatic nitrogens is 2. The van der Waals surface area contributed by atoms with Gasteiger partial charge in [-0.05, 0) is 73.9 Å². The van der Waals surface area contributed by atoms with E-state index in [2.05, 4.69) is 25.9 Å². The normalized spacial score (nSPS) is 14.9. The molecule has 1 fully saturated rings. The van der Waals surface area contributed by atoms with E-state index in [0.29, 0.717) is 37.4 Å². The Morgan fingerprint density at radius 1 is 0.778 bits per heavy atom. The van der Waals surface area contributed by atoms with Crippen molar-refractivity contribution in [3.05, 3.63) is 70.5 Å². The third-order valence-electron chi connectivity index (χ3n) is 9.34. The maximum atomic E-state index is 13.3. The van der Waals surface area contributed by atoms with Crippen molar-refractivity contribution in [3.63, 3.8) is 0 Å². The number of likely N-dealkylation sites (tertiary alicyclic amines) is 1. The van der Waals surface area contributed by atoms with Crippen molar-refractivity contribution in [2.75, 3.05) is 77.2 Å². The predicted molar refractivity (Wildman–Crippen MR) is 206 cm³/mol. The van der Waals surface area contributed by atoms with Gasteiger partial charge in [0.25, 0.3) is 17.7 Å². The van der Waals surface area contributed by atoms with Gasteiger partial charge in [-0.3, -0.25) is 14.4 Å². The number of carbonyl (C=O) groups excluding carboxylic acids is 3. The van der Waals surface area contributed by atoms with Gasteiger partial charge in [0.1, 0.15) is 11.5 Å². The molecule has 1 aliphatic rings. The zero-order valence-corrected chi connectivity index (χ0v) is 31.5. The summed E-state index contributed by atoms with van der Waals surface area (Å²) in [6.07, 6.45) is 6.34. The number of nitrogens with zero attached hydrogens (tertiary/aromatic N) is 3. The number of aliphatic hydroxyl groups excluding tert-OH is 2. The van der Waals surface area contributed by atoms with Crippen LogP contribution in [0.15, 0.2) is 48.5 Å². The highest BCUT2D eigenvalue weighted by molar-refractivity contribution is 6.31. The number of benzene rings is 2. The minimum absolute atomic E-state index is 0.0226. The van der Waals surface area contributed by atoms with Gasteiger partial charge < -0.3 is 51.6 Å². The number of nitrogens with two attached hydrogens (primary N) is 2. The van der Waals surface area contributed by atoms with E-state index in [1.165, 1.54) is 0 Å². The van der Waals surface area contributed by atoms with Crippen LogP contribution in [0.4, 0.5) is 11.6 Å². The molecule has 1 saturated heterocycles. The van der Waals surface area contributed by atoms with Crippen LogP contribution in [0.3, 0.4) is 0 Å². The standard InChI is InChI=1S/C38H53ClN8O7/c39-35-37(41)46-36(40)34(45-35)38(52)44-29-8-3-21-47(24-29,19-1-6-27-9-13-30(14-10-27)53-25-32(50)42-17-4-22-48)20-2-7-28-11-15-31(16-12-28)54-26-33(51)43-18-5-23-49/h9-16,29,48-49H,1-8,17-26H2,(H6-,40,41,42,43,44,46,50,51,52)/p+1. The number of hydrogen-bond donors (Lipinski definition) is 7. The maximum Gasteiger partial charge on any atom is 0.274 e. The van der Waals surface area contributed by atoms with Crippen LogP contribution >= 0.6 is 11.6 Å². The molecule has 54 heavy (non-hydrogen) atoms. The van der Waals surface area contributed by atoms with Gasteiger partial charge in [0.05, 0.1) is 32.2 Å². The summed E-state index contributed by atoms with van der Waals surface area (Å²) in [4.78, 5) is 45.2.